The first kappa shape index (κ1) is 34.7. The summed E-state index contributed by atoms with van der Waals surface area (Å²) in [6.07, 6.45) is 0.283. The smallest absolute Gasteiger partial charge is 0.288 e. The number of thiol groups is 1. The SMILES string of the molecule is C=C1C[C@H]2C(OOOS)Nc3cc(OCCCOc4cc5c(cc4OC)C(=O)N4CC(=C)C[C@H]4C(S(=O)(=O)O)N5)c(OC)cc3C(=O)N2C1. The van der Waals surface area contributed by atoms with Gasteiger partial charge in [-0.2, -0.15) is 13.3 Å². The van der Waals surface area contributed by atoms with Crippen LogP contribution in [0.4, 0.5) is 11.4 Å². The molecule has 0 aromatic heterocycles. The summed E-state index contributed by atoms with van der Waals surface area (Å²) in [5.41, 5.74) is 2.65. The summed E-state index contributed by atoms with van der Waals surface area (Å²) in [5.74, 6) is 0.511. The molecule has 2 saturated heterocycles. The molecule has 0 radical (unpaired) electrons. The minimum absolute atomic E-state index is 0.140. The molecule has 264 valence electrons. The standard InChI is InChI=1S/C31H36N4O12S2/c1-16-8-22-28(45-46-47-48)32-20-12-26(24(41-3)10-18(20)30(36)34(22)14-16)43-6-5-7-44-27-13-21-19(11-25(27)42-4)31(37)35-15-17(2)9-23(35)29(33-21)49(38,39)40/h10-13,22-23,28-29,32-33,48H,1-2,5-9,14-15H2,3-4H3,(H,38,39,40)/t22-,23-,28?,29?/m0/s1. The maximum absolute atomic E-state index is 13.5. The Morgan fingerprint density at radius 2 is 1.35 bits per heavy atom. The van der Waals surface area contributed by atoms with Crippen molar-refractivity contribution in [2.75, 3.05) is 51.2 Å². The lowest BCUT2D eigenvalue weighted by Gasteiger charge is -2.26. The number of fused-ring (bicyclic) bond motifs is 4. The fourth-order valence-electron chi connectivity index (χ4n) is 6.55. The number of nitrogens with one attached hydrogen (secondary N) is 2. The third kappa shape index (κ3) is 6.84. The second-order valence-corrected chi connectivity index (χ2v) is 13.6. The number of carbonyl (C=O) groups is 2. The molecule has 6 rings (SSSR count). The number of methoxy groups -OCH3 is 2. The number of carbonyl (C=O) groups excluding carboxylic acids is 2. The molecule has 4 atom stereocenters. The summed E-state index contributed by atoms with van der Waals surface area (Å²) >= 11 is 3.55. The lowest BCUT2D eigenvalue weighted by molar-refractivity contribution is -0.475. The van der Waals surface area contributed by atoms with E-state index in [1.165, 1.54) is 31.3 Å². The molecule has 2 fully saturated rings. The average Bonchev–Trinajstić information content (AvgIpc) is 3.60. The molecule has 2 aromatic rings. The maximum Gasteiger partial charge on any atom is 0.288 e. The summed E-state index contributed by atoms with van der Waals surface area (Å²) in [7, 11) is -1.71. The molecule has 4 aliphatic rings. The Bertz CT molecular complexity index is 1790. The van der Waals surface area contributed by atoms with Crippen LogP contribution in [0.1, 0.15) is 40.0 Å². The highest BCUT2D eigenvalue weighted by Crippen LogP contribution is 2.41. The summed E-state index contributed by atoms with van der Waals surface area (Å²) in [6.45, 7) is 8.74. The molecule has 0 bridgehead atoms. The first-order valence-electron chi connectivity index (χ1n) is 15.2. The van der Waals surface area contributed by atoms with E-state index in [2.05, 4.69) is 46.1 Å². The molecule has 3 N–H and O–H groups in total. The van der Waals surface area contributed by atoms with Gasteiger partial charge in [-0.25, -0.2) is 0 Å². The van der Waals surface area contributed by atoms with Gasteiger partial charge in [0.15, 0.2) is 34.6 Å². The molecule has 16 nitrogen and oxygen atoms in total. The van der Waals surface area contributed by atoms with Crippen molar-refractivity contribution < 1.29 is 55.8 Å². The van der Waals surface area contributed by atoms with Gasteiger partial charge in [0, 0.05) is 44.6 Å². The van der Waals surface area contributed by atoms with E-state index in [9.17, 15) is 22.6 Å². The number of ether oxygens (including phenoxy) is 4. The summed E-state index contributed by atoms with van der Waals surface area (Å²) < 4.78 is 62.1. The molecule has 2 unspecified atom stereocenters. The predicted octanol–water partition coefficient (Wildman–Crippen LogP) is 3.21. The van der Waals surface area contributed by atoms with Crippen molar-refractivity contribution in [3.63, 3.8) is 0 Å². The third-order valence-corrected chi connectivity index (χ3v) is 9.90. The number of rotatable bonds is 12. The highest BCUT2D eigenvalue weighted by molar-refractivity contribution is 7.86. The molecule has 49 heavy (non-hydrogen) atoms. The van der Waals surface area contributed by atoms with Crippen LogP contribution in [0.2, 0.25) is 0 Å². The van der Waals surface area contributed by atoms with Gasteiger partial charge in [0.05, 0.1) is 62.0 Å². The molecule has 4 aliphatic heterocycles. The van der Waals surface area contributed by atoms with Crippen LogP contribution in [0.3, 0.4) is 0 Å². The Morgan fingerprint density at radius 3 is 1.86 bits per heavy atom. The van der Waals surface area contributed by atoms with E-state index in [1.54, 1.807) is 17.0 Å². The topological polar surface area (TPSA) is 184 Å². The minimum atomic E-state index is -4.60. The van der Waals surface area contributed by atoms with Crippen molar-refractivity contribution in [2.45, 2.75) is 42.9 Å². The Morgan fingerprint density at radius 1 is 0.837 bits per heavy atom. The molecule has 4 heterocycles. The molecule has 0 aliphatic carbocycles. The van der Waals surface area contributed by atoms with E-state index in [0.717, 1.165) is 5.57 Å². The number of hydrogen-bond donors (Lipinski definition) is 4. The van der Waals surface area contributed by atoms with Crippen LogP contribution in [0.5, 0.6) is 23.0 Å². The highest BCUT2D eigenvalue weighted by Gasteiger charge is 2.46. The monoisotopic (exact) mass is 720 g/mol. The van der Waals surface area contributed by atoms with Gasteiger partial charge in [0.1, 0.15) is 0 Å². The van der Waals surface area contributed by atoms with Gasteiger partial charge in [-0.3, -0.25) is 14.1 Å². The maximum atomic E-state index is 13.5. The Balaban J connectivity index is 1.15. The second-order valence-electron chi connectivity index (χ2n) is 11.9. The van der Waals surface area contributed by atoms with Gasteiger partial charge in [-0.15, -0.1) is 4.33 Å². The zero-order valence-corrected chi connectivity index (χ0v) is 28.4. The molecule has 0 spiro atoms. The van der Waals surface area contributed by atoms with Gasteiger partial charge in [0.25, 0.3) is 21.9 Å². The largest absolute Gasteiger partial charge is 0.493 e. The summed E-state index contributed by atoms with van der Waals surface area (Å²) in [6, 6.07) is 4.91. The van der Waals surface area contributed by atoms with E-state index in [4.69, 9.17) is 23.8 Å². The van der Waals surface area contributed by atoms with Crippen LogP contribution in [-0.2, 0) is 24.4 Å². The average molecular weight is 721 g/mol. The van der Waals surface area contributed by atoms with Crippen LogP contribution < -0.4 is 29.6 Å². The van der Waals surface area contributed by atoms with Gasteiger partial charge in [-0.05, 0) is 25.0 Å². The zero-order chi connectivity index (χ0) is 35.0. The number of nitrogens with zero attached hydrogens (tertiary/aromatic N) is 2. The summed E-state index contributed by atoms with van der Waals surface area (Å²) in [5, 5.41) is 9.16. The predicted molar refractivity (Wildman–Crippen MR) is 177 cm³/mol. The molecular formula is C31H36N4O12S2. The van der Waals surface area contributed by atoms with E-state index in [0.29, 0.717) is 47.7 Å². The van der Waals surface area contributed by atoms with Crippen molar-refractivity contribution in [1.82, 2.24) is 9.80 Å². The van der Waals surface area contributed by atoms with E-state index in [1.807, 2.05) is 0 Å². The van der Waals surface area contributed by atoms with Crippen LogP contribution in [0.25, 0.3) is 0 Å². The Kier molecular flexibility index (Phi) is 9.88. The van der Waals surface area contributed by atoms with Crippen LogP contribution in [0.15, 0.2) is 48.6 Å². The van der Waals surface area contributed by atoms with Gasteiger partial charge in [-0.1, -0.05) is 29.3 Å². The van der Waals surface area contributed by atoms with Crippen molar-refractivity contribution in [2.24, 2.45) is 0 Å². The quantitative estimate of drug-likeness (QED) is 0.0477. The van der Waals surface area contributed by atoms with Gasteiger partial charge < -0.3 is 39.4 Å². The van der Waals surface area contributed by atoms with E-state index >= 15 is 0 Å². The molecule has 2 amide bonds. The van der Waals surface area contributed by atoms with Crippen molar-refractivity contribution in [3.05, 3.63) is 59.7 Å². The van der Waals surface area contributed by atoms with E-state index in [-0.39, 0.29) is 54.8 Å². The fraction of sp³-hybridized carbons (Fsp3) is 0.419. The number of hydrogen-bond acceptors (Lipinski definition) is 14. The zero-order valence-electron chi connectivity index (χ0n) is 26.7. The van der Waals surface area contributed by atoms with Crippen molar-refractivity contribution in [3.8, 4) is 23.0 Å². The van der Waals surface area contributed by atoms with Gasteiger partial charge in [0.2, 0.25) is 0 Å². The number of anilines is 2. The first-order chi connectivity index (χ1) is 23.4. The molecular weight excluding hydrogens is 684 g/mol. The summed E-state index contributed by atoms with van der Waals surface area (Å²) in [4.78, 5) is 35.3. The third-order valence-electron chi connectivity index (χ3n) is 8.77. The van der Waals surface area contributed by atoms with Crippen LogP contribution in [-0.4, -0.2) is 98.8 Å². The van der Waals surface area contributed by atoms with Crippen molar-refractivity contribution >= 4 is 46.2 Å². The molecule has 2 aromatic carbocycles. The lowest BCUT2D eigenvalue weighted by Crippen LogP contribution is -2.47. The Hall–Kier alpha value is -4.20. The number of amides is 2. The minimum Gasteiger partial charge on any atom is -0.493 e. The molecule has 0 saturated carbocycles. The van der Waals surface area contributed by atoms with E-state index < -0.39 is 39.7 Å². The van der Waals surface area contributed by atoms with Crippen molar-refractivity contribution in [1.29, 1.82) is 0 Å². The van der Waals surface area contributed by atoms with Crippen LogP contribution >= 0.6 is 12.9 Å². The fourth-order valence-corrected chi connectivity index (χ4v) is 7.50. The van der Waals surface area contributed by atoms with Gasteiger partial charge >= 0.3 is 0 Å². The first-order valence-corrected chi connectivity index (χ1v) is 17.1. The van der Waals surface area contributed by atoms with Crippen LogP contribution in [0, 0.1) is 0 Å². The Labute approximate surface area is 288 Å². The lowest BCUT2D eigenvalue weighted by atomic mass is 10.1. The number of benzene rings is 2. The second kappa shape index (κ2) is 14.0. The molecule has 18 heteroatoms. The highest BCUT2D eigenvalue weighted by atomic mass is 32.2. The normalized spacial score (nSPS) is 23.0.